The molecule has 0 saturated carbocycles. The third kappa shape index (κ3) is 4.92. The Labute approximate surface area is 141 Å². The van der Waals surface area contributed by atoms with Gasteiger partial charge in [-0.15, -0.1) is 23.7 Å². The van der Waals surface area contributed by atoms with E-state index in [4.69, 9.17) is 5.73 Å². The molecule has 0 aliphatic rings. The Balaban J connectivity index is 0.00000264. The summed E-state index contributed by atoms with van der Waals surface area (Å²) in [6.07, 6.45) is -4.41. The first-order chi connectivity index (χ1) is 10.1. The normalized spacial score (nSPS) is 11.7. The molecular formula is C14H15ClF3N3OS. The summed E-state index contributed by atoms with van der Waals surface area (Å²) in [6, 6.07) is 4.87. The van der Waals surface area contributed by atoms with Crippen LogP contribution in [-0.2, 0) is 11.0 Å². The second-order valence-electron chi connectivity index (χ2n) is 5.29. The summed E-state index contributed by atoms with van der Waals surface area (Å²) in [5.41, 5.74) is 4.54. The number of amides is 1. The molecule has 9 heteroatoms. The van der Waals surface area contributed by atoms with E-state index < -0.39 is 23.2 Å². The number of anilines is 1. The minimum absolute atomic E-state index is 0. The van der Waals surface area contributed by atoms with E-state index in [1.54, 1.807) is 19.2 Å². The van der Waals surface area contributed by atoms with Crippen molar-refractivity contribution in [3.8, 4) is 11.3 Å². The molecule has 3 N–H and O–H groups in total. The van der Waals surface area contributed by atoms with E-state index >= 15 is 0 Å². The summed E-state index contributed by atoms with van der Waals surface area (Å²) in [5.74, 6) is -0.419. The van der Waals surface area contributed by atoms with Crippen molar-refractivity contribution in [1.29, 1.82) is 0 Å². The number of carbonyl (C=O) groups is 1. The van der Waals surface area contributed by atoms with Gasteiger partial charge in [0, 0.05) is 10.9 Å². The summed E-state index contributed by atoms with van der Waals surface area (Å²) in [5, 5.41) is 4.40. The molecule has 1 amide bonds. The molecule has 0 unspecified atom stereocenters. The minimum Gasteiger partial charge on any atom is -0.318 e. The van der Waals surface area contributed by atoms with Gasteiger partial charge in [-0.25, -0.2) is 4.98 Å². The first-order valence-electron chi connectivity index (χ1n) is 6.31. The van der Waals surface area contributed by atoms with Crippen molar-refractivity contribution in [3.05, 3.63) is 35.2 Å². The number of nitrogens with one attached hydrogen (secondary N) is 1. The highest BCUT2D eigenvalue weighted by molar-refractivity contribution is 7.14. The van der Waals surface area contributed by atoms with Gasteiger partial charge in [0.2, 0.25) is 5.91 Å². The van der Waals surface area contributed by atoms with Gasteiger partial charge in [0.1, 0.15) is 0 Å². The standard InChI is InChI=1S/C14H14F3N3OS.ClH/c1-13(2,18)11(21)20-12-19-10(7-22-12)8-4-3-5-9(6-8)14(15,16)17;/h3-7H,18H2,1-2H3,(H,19,20,21);1H. The van der Waals surface area contributed by atoms with Crippen LogP contribution >= 0.6 is 23.7 Å². The van der Waals surface area contributed by atoms with Crippen LogP contribution in [0.3, 0.4) is 0 Å². The molecule has 1 aromatic heterocycles. The van der Waals surface area contributed by atoms with Crippen molar-refractivity contribution in [2.24, 2.45) is 5.73 Å². The zero-order valence-corrected chi connectivity index (χ0v) is 13.9. The zero-order chi connectivity index (χ0) is 16.5. The van der Waals surface area contributed by atoms with Crippen molar-refractivity contribution in [2.75, 3.05) is 5.32 Å². The van der Waals surface area contributed by atoms with E-state index in [1.807, 2.05) is 0 Å². The number of thiazole rings is 1. The van der Waals surface area contributed by atoms with Crippen LogP contribution in [0.4, 0.5) is 18.3 Å². The lowest BCUT2D eigenvalue weighted by Crippen LogP contribution is -2.45. The molecule has 0 aliphatic carbocycles. The number of rotatable bonds is 3. The van der Waals surface area contributed by atoms with Crippen LogP contribution in [0.2, 0.25) is 0 Å². The third-order valence-electron chi connectivity index (χ3n) is 2.80. The molecule has 1 heterocycles. The number of nitrogens with two attached hydrogens (primary N) is 1. The number of halogens is 4. The molecule has 0 atom stereocenters. The van der Waals surface area contributed by atoms with Gasteiger partial charge < -0.3 is 11.1 Å². The number of benzene rings is 1. The molecule has 0 spiro atoms. The highest BCUT2D eigenvalue weighted by Crippen LogP contribution is 2.33. The fraction of sp³-hybridized carbons (Fsp3) is 0.286. The Bertz CT molecular complexity index is 695. The first kappa shape index (κ1) is 19.4. The molecule has 23 heavy (non-hydrogen) atoms. The van der Waals surface area contributed by atoms with Crippen molar-refractivity contribution in [3.63, 3.8) is 0 Å². The minimum atomic E-state index is -4.41. The third-order valence-corrected chi connectivity index (χ3v) is 3.55. The van der Waals surface area contributed by atoms with Gasteiger partial charge in [0.05, 0.1) is 16.8 Å². The van der Waals surface area contributed by atoms with E-state index in [2.05, 4.69) is 10.3 Å². The average Bonchev–Trinajstić information content (AvgIpc) is 2.85. The topological polar surface area (TPSA) is 68.0 Å². The van der Waals surface area contributed by atoms with Gasteiger partial charge in [-0.05, 0) is 26.0 Å². The molecule has 4 nitrogen and oxygen atoms in total. The smallest absolute Gasteiger partial charge is 0.318 e. The first-order valence-corrected chi connectivity index (χ1v) is 7.19. The highest BCUT2D eigenvalue weighted by Gasteiger charge is 2.30. The Kier molecular flexibility index (Phi) is 5.79. The van der Waals surface area contributed by atoms with Gasteiger partial charge in [0.25, 0.3) is 0 Å². The molecule has 2 rings (SSSR count). The Morgan fingerprint density at radius 1 is 1.30 bits per heavy atom. The maximum atomic E-state index is 12.7. The molecule has 126 valence electrons. The van der Waals surface area contributed by atoms with Crippen LogP contribution in [0.1, 0.15) is 19.4 Å². The molecule has 0 radical (unpaired) electrons. The lowest BCUT2D eigenvalue weighted by Gasteiger charge is -2.16. The van der Waals surface area contributed by atoms with Crippen LogP contribution in [0.25, 0.3) is 11.3 Å². The predicted molar refractivity (Wildman–Crippen MR) is 86.7 cm³/mol. The fourth-order valence-corrected chi connectivity index (χ4v) is 2.29. The van der Waals surface area contributed by atoms with Crippen molar-refractivity contribution in [2.45, 2.75) is 25.6 Å². The molecule has 2 aromatic rings. The van der Waals surface area contributed by atoms with E-state index in [0.29, 0.717) is 11.3 Å². The van der Waals surface area contributed by atoms with Crippen LogP contribution in [0, 0.1) is 0 Å². The molecule has 0 bridgehead atoms. The SMILES string of the molecule is CC(C)(N)C(=O)Nc1nc(-c2cccc(C(F)(F)F)c2)cs1.Cl. The van der Waals surface area contributed by atoms with E-state index in [1.165, 1.54) is 12.1 Å². The van der Waals surface area contributed by atoms with Gasteiger partial charge >= 0.3 is 6.18 Å². The predicted octanol–water partition coefficient (Wildman–Crippen LogP) is 3.93. The number of alkyl halides is 3. The summed E-state index contributed by atoms with van der Waals surface area (Å²) in [7, 11) is 0. The van der Waals surface area contributed by atoms with E-state index in [9.17, 15) is 18.0 Å². The Hall–Kier alpha value is -1.64. The van der Waals surface area contributed by atoms with Crippen molar-refractivity contribution in [1.82, 2.24) is 4.98 Å². The molecule has 0 fully saturated rings. The fourth-order valence-electron chi connectivity index (χ4n) is 1.58. The van der Waals surface area contributed by atoms with Crippen LogP contribution in [0.5, 0.6) is 0 Å². The van der Waals surface area contributed by atoms with Gasteiger partial charge in [-0.2, -0.15) is 13.2 Å². The van der Waals surface area contributed by atoms with E-state index in [-0.39, 0.29) is 17.5 Å². The number of hydrogen-bond acceptors (Lipinski definition) is 4. The quantitative estimate of drug-likeness (QED) is 0.866. The number of nitrogens with zero attached hydrogens (tertiary/aromatic N) is 1. The van der Waals surface area contributed by atoms with Crippen LogP contribution in [0.15, 0.2) is 29.6 Å². The lowest BCUT2D eigenvalue weighted by molar-refractivity contribution is -0.137. The second-order valence-corrected chi connectivity index (χ2v) is 6.15. The number of aromatic nitrogens is 1. The van der Waals surface area contributed by atoms with Crippen molar-refractivity contribution >= 4 is 34.8 Å². The highest BCUT2D eigenvalue weighted by atomic mass is 35.5. The summed E-state index contributed by atoms with van der Waals surface area (Å²) in [4.78, 5) is 15.9. The molecule has 0 saturated heterocycles. The molecule has 1 aromatic carbocycles. The zero-order valence-electron chi connectivity index (χ0n) is 12.3. The molecule has 0 aliphatic heterocycles. The van der Waals surface area contributed by atoms with Crippen LogP contribution < -0.4 is 11.1 Å². The lowest BCUT2D eigenvalue weighted by atomic mass is 10.1. The monoisotopic (exact) mass is 365 g/mol. The van der Waals surface area contributed by atoms with Crippen LogP contribution in [-0.4, -0.2) is 16.4 Å². The Morgan fingerprint density at radius 2 is 1.96 bits per heavy atom. The summed E-state index contributed by atoms with van der Waals surface area (Å²) in [6.45, 7) is 3.09. The van der Waals surface area contributed by atoms with Gasteiger partial charge in [-0.3, -0.25) is 4.79 Å². The Morgan fingerprint density at radius 3 is 2.52 bits per heavy atom. The van der Waals surface area contributed by atoms with E-state index in [0.717, 1.165) is 23.5 Å². The van der Waals surface area contributed by atoms with Crippen molar-refractivity contribution < 1.29 is 18.0 Å². The summed E-state index contributed by atoms with van der Waals surface area (Å²) >= 11 is 1.12. The molecular weight excluding hydrogens is 351 g/mol. The number of hydrogen-bond donors (Lipinski definition) is 2. The maximum Gasteiger partial charge on any atom is 0.416 e. The van der Waals surface area contributed by atoms with Gasteiger partial charge in [0.15, 0.2) is 5.13 Å². The van der Waals surface area contributed by atoms with Gasteiger partial charge in [-0.1, -0.05) is 12.1 Å². The maximum absolute atomic E-state index is 12.7. The largest absolute Gasteiger partial charge is 0.416 e. The average molecular weight is 366 g/mol. The summed E-state index contributed by atoms with van der Waals surface area (Å²) < 4.78 is 38.1. The number of carbonyl (C=O) groups excluding carboxylic acids is 1. The second kappa shape index (κ2) is 6.86.